The summed E-state index contributed by atoms with van der Waals surface area (Å²) in [4.78, 5) is 28.1. The van der Waals surface area contributed by atoms with Crippen molar-refractivity contribution in [2.75, 3.05) is 19.6 Å². The third-order valence-corrected chi connectivity index (χ3v) is 5.88. The molecule has 6 nitrogen and oxygen atoms in total. The van der Waals surface area contributed by atoms with E-state index in [1.54, 1.807) is 28.8 Å². The zero-order chi connectivity index (χ0) is 21.3. The highest BCUT2D eigenvalue weighted by molar-refractivity contribution is 6.04. The van der Waals surface area contributed by atoms with Gasteiger partial charge in [-0.05, 0) is 24.1 Å². The number of para-hydroxylation sites is 1. The maximum absolute atomic E-state index is 13.5. The van der Waals surface area contributed by atoms with Gasteiger partial charge in [0.1, 0.15) is 0 Å². The summed E-state index contributed by atoms with van der Waals surface area (Å²) in [5, 5.41) is 14.6. The minimum absolute atomic E-state index is 0.188. The van der Waals surface area contributed by atoms with Crippen molar-refractivity contribution in [3.05, 3.63) is 76.2 Å². The van der Waals surface area contributed by atoms with Crippen LogP contribution in [0.25, 0.3) is 16.5 Å². The van der Waals surface area contributed by atoms with Crippen LogP contribution < -0.4 is 10.9 Å². The molecule has 4 rings (SSSR count). The fourth-order valence-electron chi connectivity index (χ4n) is 4.28. The highest BCUT2D eigenvalue weighted by atomic mass is 16.4. The standard InChI is InChI=1S/C24H27N3O3/c1-16(2)20-14-26(13-12-25-20)15-21-22(24(29)30)18-10-6-7-11-19(18)23(28)27(21)17-8-4-3-5-9-17/h3-11,16,20,25H,12-15H2,1-2H3,(H,29,30). The van der Waals surface area contributed by atoms with Gasteiger partial charge in [-0.3, -0.25) is 14.3 Å². The average molecular weight is 405 g/mol. The summed E-state index contributed by atoms with van der Waals surface area (Å²) in [6.07, 6.45) is 0. The molecular formula is C24H27N3O3. The van der Waals surface area contributed by atoms with Gasteiger partial charge in [-0.15, -0.1) is 0 Å². The third kappa shape index (κ3) is 3.76. The lowest BCUT2D eigenvalue weighted by Crippen LogP contribution is -2.52. The van der Waals surface area contributed by atoms with E-state index in [0.29, 0.717) is 40.7 Å². The molecule has 2 heterocycles. The smallest absolute Gasteiger partial charge is 0.338 e. The Hall–Kier alpha value is -2.96. The number of carbonyl (C=O) groups is 1. The van der Waals surface area contributed by atoms with Crippen molar-refractivity contribution in [2.45, 2.75) is 26.4 Å². The van der Waals surface area contributed by atoms with Crippen LogP contribution in [0.2, 0.25) is 0 Å². The molecule has 1 aliphatic heterocycles. The molecule has 156 valence electrons. The van der Waals surface area contributed by atoms with E-state index in [9.17, 15) is 14.7 Å². The molecule has 0 amide bonds. The molecule has 30 heavy (non-hydrogen) atoms. The zero-order valence-electron chi connectivity index (χ0n) is 17.3. The van der Waals surface area contributed by atoms with E-state index in [4.69, 9.17) is 0 Å². The maximum Gasteiger partial charge on any atom is 0.338 e. The fourth-order valence-corrected chi connectivity index (χ4v) is 4.28. The van der Waals surface area contributed by atoms with Crippen molar-refractivity contribution in [3.63, 3.8) is 0 Å². The lowest BCUT2D eigenvalue weighted by Gasteiger charge is -2.36. The van der Waals surface area contributed by atoms with Crippen molar-refractivity contribution in [2.24, 2.45) is 5.92 Å². The zero-order valence-corrected chi connectivity index (χ0v) is 17.3. The van der Waals surface area contributed by atoms with Crippen LogP contribution in [0.5, 0.6) is 0 Å². The molecule has 1 saturated heterocycles. The highest BCUT2D eigenvalue weighted by Crippen LogP contribution is 2.24. The molecule has 2 N–H and O–H groups in total. The fraction of sp³-hybridized carbons (Fsp3) is 0.333. The number of rotatable bonds is 5. The van der Waals surface area contributed by atoms with Crippen molar-refractivity contribution in [1.82, 2.24) is 14.8 Å². The summed E-state index contributed by atoms with van der Waals surface area (Å²) in [7, 11) is 0. The summed E-state index contributed by atoms with van der Waals surface area (Å²) in [6, 6.07) is 16.6. The van der Waals surface area contributed by atoms with Crippen LogP contribution in [-0.2, 0) is 6.54 Å². The van der Waals surface area contributed by atoms with Gasteiger partial charge in [0.15, 0.2) is 0 Å². The SMILES string of the molecule is CC(C)C1CN(Cc2c(C(=O)O)c3ccccc3c(=O)n2-c2ccccc2)CCN1. The highest BCUT2D eigenvalue weighted by Gasteiger charge is 2.27. The van der Waals surface area contributed by atoms with Crippen molar-refractivity contribution < 1.29 is 9.90 Å². The Bertz CT molecular complexity index is 1120. The second-order valence-electron chi connectivity index (χ2n) is 8.19. The minimum Gasteiger partial charge on any atom is -0.478 e. The molecular weight excluding hydrogens is 378 g/mol. The first kappa shape index (κ1) is 20.3. The van der Waals surface area contributed by atoms with Crippen LogP contribution in [0.1, 0.15) is 29.9 Å². The predicted octanol–water partition coefficient (Wildman–Crippen LogP) is 3.12. The van der Waals surface area contributed by atoms with E-state index in [-0.39, 0.29) is 11.1 Å². The van der Waals surface area contributed by atoms with E-state index < -0.39 is 5.97 Å². The molecule has 3 aromatic rings. The Kier molecular flexibility index (Phi) is 5.70. The monoisotopic (exact) mass is 405 g/mol. The number of nitrogens with one attached hydrogen (secondary N) is 1. The molecule has 0 saturated carbocycles. The molecule has 1 aliphatic rings. The number of piperazine rings is 1. The van der Waals surface area contributed by atoms with Gasteiger partial charge in [0, 0.05) is 48.7 Å². The topological polar surface area (TPSA) is 74.6 Å². The molecule has 0 bridgehead atoms. The van der Waals surface area contributed by atoms with Gasteiger partial charge in [0.25, 0.3) is 5.56 Å². The summed E-state index contributed by atoms with van der Waals surface area (Å²) >= 11 is 0. The van der Waals surface area contributed by atoms with Crippen LogP contribution in [0.4, 0.5) is 0 Å². The molecule has 1 fully saturated rings. The number of benzene rings is 2. The predicted molar refractivity (Wildman–Crippen MR) is 118 cm³/mol. The Morgan fingerprint density at radius 2 is 1.77 bits per heavy atom. The molecule has 1 unspecified atom stereocenters. The van der Waals surface area contributed by atoms with Gasteiger partial charge in [-0.2, -0.15) is 0 Å². The Morgan fingerprint density at radius 1 is 1.10 bits per heavy atom. The number of hydrogen-bond acceptors (Lipinski definition) is 4. The first-order valence-corrected chi connectivity index (χ1v) is 10.4. The average Bonchev–Trinajstić information content (AvgIpc) is 2.74. The van der Waals surface area contributed by atoms with Crippen LogP contribution in [0, 0.1) is 5.92 Å². The number of aromatic carboxylic acids is 1. The number of hydrogen-bond donors (Lipinski definition) is 2. The number of nitrogens with zero attached hydrogens (tertiary/aromatic N) is 2. The second-order valence-corrected chi connectivity index (χ2v) is 8.19. The van der Waals surface area contributed by atoms with Crippen LogP contribution >= 0.6 is 0 Å². The second kappa shape index (κ2) is 8.42. The van der Waals surface area contributed by atoms with E-state index >= 15 is 0 Å². The number of carboxylic acids is 1. The van der Waals surface area contributed by atoms with Gasteiger partial charge >= 0.3 is 5.97 Å². The van der Waals surface area contributed by atoms with E-state index in [2.05, 4.69) is 24.1 Å². The maximum atomic E-state index is 13.5. The van der Waals surface area contributed by atoms with Crippen LogP contribution in [0.3, 0.4) is 0 Å². The molecule has 0 spiro atoms. The lowest BCUT2D eigenvalue weighted by molar-refractivity contribution is 0.0694. The lowest BCUT2D eigenvalue weighted by atomic mass is 10.00. The van der Waals surface area contributed by atoms with Gasteiger partial charge < -0.3 is 10.4 Å². The van der Waals surface area contributed by atoms with E-state index in [1.807, 2.05) is 30.3 Å². The molecule has 2 aromatic carbocycles. The summed E-state index contributed by atoms with van der Waals surface area (Å²) in [5.74, 6) is -0.541. The van der Waals surface area contributed by atoms with E-state index in [0.717, 1.165) is 19.6 Å². The van der Waals surface area contributed by atoms with Crippen LogP contribution in [0.15, 0.2) is 59.4 Å². The summed E-state index contributed by atoms with van der Waals surface area (Å²) < 4.78 is 1.58. The van der Waals surface area contributed by atoms with Crippen molar-refractivity contribution in [3.8, 4) is 5.69 Å². The third-order valence-electron chi connectivity index (χ3n) is 5.88. The van der Waals surface area contributed by atoms with Crippen LogP contribution in [-0.4, -0.2) is 46.2 Å². The Morgan fingerprint density at radius 3 is 2.43 bits per heavy atom. The molecule has 1 atom stereocenters. The largest absolute Gasteiger partial charge is 0.478 e. The van der Waals surface area contributed by atoms with Gasteiger partial charge in [-0.1, -0.05) is 50.2 Å². The Labute approximate surface area is 175 Å². The Balaban J connectivity index is 1.93. The van der Waals surface area contributed by atoms with Crippen molar-refractivity contribution >= 4 is 16.7 Å². The minimum atomic E-state index is -1.01. The summed E-state index contributed by atoms with van der Waals surface area (Å²) in [5.41, 5.74) is 1.23. The number of fused-ring (bicyclic) bond motifs is 1. The molecule has 0 radical (unpaired) electrons. The number of carboxylic acid groups (broad SMARTS) is 1. The number of aromatic nitrogens is 1. The quantitative estimate of drug-likeness (QED) is 0.682. The molecule has 6 heteroatoms. The normalized spacial score (nSPS) is 17.5. The molecule has 0 aliphatic carbocycles. The van der Waals surface area contributed by atoms with Gasteiger partial charge in [0.05, 0.1) is 11.3 Å². The first-order valence-electron chi connectivity index (χ1n) is 10.4. The first-order chi connectivity index (χ1) is 14.5. The van der Waals surface area contributed by atoms with Crippen molar-refractivity contribution in [1.29, 1.82) is 0 Å². The van der Waals surface area contributed by atoms with Gasteiger partial charge in [0.2, 0.25) is 0 Å². The molecule has 1 aromatic heterocycles. The van der Waals surface area contributed by atoms with E-state index in [1.165, 1.54) is 0 Å². The number of pyridine rings is 1. The summed E-state index contributed by atoms with van der Waals surface area (Å²) in [6.45, 7) is 7.22. The van der Waals surface area contributed by atoms with Gasteiger partial charge in [-0.25, -0.2) is 4.79 Å².